The molecule has 0 unspecified atom stereocenters. The number of hydrogen-bond donors (Lipinski definition) is 0. The van der Waals surface area contributed by atoms with E-state index in [2.05, 4.69) is 31.2 Å². The average molecular weight is 347 g/mol. The summed E-state index contributed by atoms with van der Waals surface area (Å²) in [5.74, 6) is 1.06. The summed E-state index contributed by atoms with van der Waals surface area (Å²) in [6.07, 6.45) is 0. The van der Waals surface area contributed by atoms with E-state index in [4.69, 9.17) is 4.52 Å². The van der Waals surface area contributed by atoms with Crippen molar-refractivity contribution in [1.29, 1.82) is 0 Å². The van der Waals surface area contributed by atoms with Gasteiger partial charge in [-0.05, 0) is 42.8 Å². The maximum absolute atomic E-state index is 5.43. The maximum Gasteiger partial charge on any atom is 0.277 e. The van der Waals surface area contributed by atoms with Gasteiger partial charge in [0.15, 0.2) is 0 Å². The third kappa shape index (κ3) is 2.51. The van der Waals surface area contributed by atoms with Gasteiger partial charge in [-0.3, -0.25) is 4.68 Å². The van der Waals surface area contributed by atoms with Crippen LogP contribution in [-0.4, -0.2) is 19.9 Å². The van der Waals surface area contributed by atoms with Gasteiger partial charge in [0, 0.05) is 12.1 Å². The second kappa shape index (κ2) is 5.44. The molecule has 0 amide bonds. The van der Waals surface area contributed by atoms with Crippen molar-refractivity contribution in [3.8, 4) is 23.0 Å². The Hall–Kier alpha value is -1.95. The third-order valence-electron chi connectivity index (χ3n) is 3.26. The molecule has 3 rings (SSSR count). The van der Waals surface area contributed by atoms with Gasteiger partial charge in [-0.15, -0.1) is 0 Å². The first-order valence-electron chi connectivity index (χ1n) is 6.74. The molecule has 0 aliphatic rings. The first kappa shape index (κ1) is 14.0. The van der Waals surface area contributed by atoms with Gasteiger partial charge in [-0.1, -0.05) is 28.9 Å². The van der Waals surface area contributed by atoms with Gasteiger partial charge in [0.05, 0.1) is 10.2 Å². The number of rotatable bonds is 3. The highest BCUT2D eigenvalue weighted by Gasteiger charge is 2.20. The van der Waals surface area contributed by atoms with Crippen molar-refractivity contribution in [2.24, 2.45) is 0 Å². The largest absolute Gasteiger partial charge is 0.332 e. The molecule has 0 fully saturated rings. The molecule has 0 N–H and O–H groups in total. The van der Waals surface area contributed by atoms with Crippen LogP contribution < -0.4 is 0 Å². The van der Waals surface area contributed by atoms with Crippen molar-refractivity contribution in [3.63, 3.8) is 0 Å². The summed E-state index contributed by atoms with van der Waals surface area (Å²) >= 11 is 3.54. The second-order valence-electron chi connectivity index (χ2n) is 4.86. The fourth-order valence-corrected chi connectivity index (χ4v) is 2.67. The summed E-state index contributed by atoms with van der Waals surface area (Å²) in [7, 11) is 0. The Morgan fingerprint density at radius 2 is 2.10 bits per heavy atom. The van der Waals surface area contributed by atoms with Crippen molar-refractivity contribution >= 4 is 15.9 Å². The van der Waals surface area contributed by atoms with Crippen LogP contribution in [0.5, 0.6) is 0 Å². The fraction of sp³-hybridized carbons (Fsp3) is 0.267. The Balaban J connectivity index is 2.07. The quantitative estimate of drug-likeness (QED) is 0.719. The van der Waals surface area contributed by atoms with E-state index in [1.54, 1.807) is 0 Å². The lowest BCUT2D eigenvalue weighted by atomic mass is 10.1. The normalized spacial score (nSPS) is 11.0. The molecule has 108 valence electrons. The lowest BCUT2D eigenvalue weighted by molar-refractivity contribution is 0.427. The molecule has 0 aliphatic carbocycles. The van der Waals surface area contributed by atoms with Crippen molar-refractivity contribution in [3.05, 3.63) is 40.0 Å². The van der Waals surface area contributed by atoms with Crippen LogP contribution >= 0.6 is 15.9 Å². The first-order valence-corrected chi connectivity index (χ1v) is 7.53. The Labute approximate surface area is 131 Å². The van der Waals surface area contributed by atoms with Crippen LogP contribution in [0, 0.1) is 13.8 Å². The number of nitrogens with zero attached hydrogens (tertiary/aromatic N) is 4. The van der Waals surface area contributed by atoms with Gasteiger partial charge in [-0.25, -0.2) is 0 Å². The molecule has 0 saturated carbocycles. The lowest BCUT2D eigenvalue weighted by Gasteiger charge is -1.99. The molecule has 0 spiro atoms. The summed E-state index contributed by atoms with van der Waals surface area (Å²) in [6, 6.07) is 8.03. The van der Waals surface area contributed by atoms with Crippen LogP contribution in [0.25, 0.3) is 23.0 Å². The van der Waals surface area contributed by atoms with E-state index in [1.807, 2.05) is 49.7 Å². The Morgan fingerprint density at radius 1 is 1.29 bits per heavy atom. The standard InChI is InChI=1S/C15H15BrN4O/c1-4-20-13(12(16)10(3)18-20)15-17-14(19-21-15)11-7-5-6-9(2)8-11/h5-8H,4H2,1-3H3. The Bertz CT molecular complexity index is 791. The zero-order chi connectivity index (χ0) is 15.0. The molecule has 2 heterocycles. The topological polar surface area (TPSA) is 56.7 Å². The highest BCUT2D eigenvalue weighted by molar-refractivity contribution is 9.10. The van der Waals surface area contributed by atoms with Gasteiger partial charge in [0.25, 0.3) is 5.89 Å². The maximum atomic E-state index is 5.43. The third-order valence-corrected chi connectivity index (χ3v) is 4.21. The van der Waals surface area contributed by atoms with Crippen molar-refractivity contribution < 1.29 is 4.52 Å². The number of hydrogen-bond acceptors (Lipinski definition) is 4. The zero-order valence-corrected chi connectivity index (χ0v) is 13.7. The van der Waals surface area contributed by atoms with E-state index in [0.29, 0.717) is 11.7 Å². The first-order chi connectivity index (χ1) is 10.1. The summed E-state index contributed by atoms with van der Waals surface area (Å²) in [4.78, 5) is 4.51. The van der Waals surface area contributed by atoms with E-state index in [9.17, 15) is 0 Å². The van der Waals surface area contributed by atoms with E-state index < -0.39 is 0 Å². The summed E-state index contributed by atoms with van der Waals surface area (Å²) < 4.78 is 8.18. The predicted octanol–water partition coefficient (Wildman–Crippen LogP) is 4.00. The molecule has 0 bridgehead atoms. The molecule has 0 aliphatic heterocycles. The molecule has 1 aromatic carbocycles. The monoisotopic (exact) mass is 346 g/mol. The van der Waals surface area contributed by atoms with Crippen LogP contribution in [0.1, 0.15) is 18.2 Å². The minimum Gasteiger partial charge on any atom is -0.332 e. The van der Waals surface area contributed by atoms with E-state index in [1.165, 1.54) is 0 Å². The molecule has 0 atom stereocenters. The summed E-state index contributed by atoms with van der Waals surface area (Å²) in [5.41, 5.74) is 3.83. The smallest absolute Gasteiger partial charge is 0.277 e. The molecule has 3 aromatic rings. The van der Waals surface area contributed by atoms with Gasteiger partial charge in [-0.2, -0.15) is 10.1 Å². The number of halogens is 1. The number of benzene rings is 1. The fourth-order valence-electron chi connectivity index (χ4n) is 2.21. The second-order valence-corrected chi connectivity index (χ2v) is 5.65. The van der Waals surface area contributed by atoms with Crippen molar-refractivity contribution in [1.82, 2.24) is 19.9 Å². The molecular formula is C15H15BrN4O. The van der Waals surface area contributed by atoms with Crippen molar-refractivity contribution in [2.75, 3.05) is 0 Å². The SMILES string of the molecule is CCn1nc(C)c(Br)c1-c1nc(-c2cccc(C)c2)no1. The average Bonchev–Trinajstić information content (AvgIpc) is 3.05. The van der Waals surface area contributed by atoms with E-state index >= 15 is 0 Å². The van der Waals surface area contributed by atoms with Crippen molar-refractivity contribution in [2.45, 2.75) is 27.3 Å². The molecule has 21 heavy (non-hydrogen) atoms. The van der Waals surface area contributed by atoms with Crippen LogP contribution in [0.2, 0.25) is 0 Å². The minimum atomic E-state index is 0.473. The Morgan fingerprint density at radius 3 is 2.81 bits per heavy atom. The van der Waals surface area contributed by atoms with Gasteiger partial charge in [0.1, 0.15) is 5.69 Å². The molecular weight excluding hydrogens is 332 g/mol. The van der Waals surface area contributed by atoms with E-state index in [0.717, 1.165) is 33.5 Å². The molecule has 0 radical (unpaired) electrons. The number of aromatic nitrogens is 4. The minimum absolute atomic E-state index is 0.473. The van der Waals surface area contributed by atoms with Gasteiger partial charge >= 0.3 is 0 Å². The highest BCUT2D eigenvalue weighted by atomic mass is 79.9. The van der Waals surface area contributed by atoms with Gasteiger partial charge < -0.3 is 4.52 Å². The van der Waals surface area contributed by atoms with Crippen LogP contribution in [-0.2, 0) is 6.54 Å². The van der Waals surface area contributed by atoms with Crippen LogP contribution in [0.3, 0.4) is 0 Å². The van der Waals surface area contributed by atoms with Crippen LogP contribution in [0.15, 0.2) is 33.3 Å². The van der Waals surface area contributed by atoms with Gasteiger partial charge in [0.2, 0.25) is 5.82 Å². The lowest BCUT2D eigenvalue weighted by Crippen LogP contribution is -1.99. The highest BCUT2D eigenvalue weighted by Crippen LogP contribution is 2.31. The number of aryl methyl sites for hydroxylation is 3. The summed E-state index contributed by atoms with van der Waals surface area (Å²) in [6.45, 7) is 6.75. The molecule has 2 aromatic heterocycles. The van der Waals surface area contributed by atoms with Crippen LogP contribution in [0.4, 0.5) is 0 Å². The zero-order valence-electron chi connectivity index (χ0n) is 12.1. The molecule has 0 saturated heterocycles. The van der Waals surface area contributed by atoms with E-state index in [-0.39, 0.29) is 0 Å². The summed E-state index contributed by atoms with van der Waals surface area (Å²) in [5, 5.41) is 8.52. The molecule has 6 heteroatoms. The molecule has 5 nitrogen and oxygen atoms in total. The predicted molar refractivity (Wildman–Crippen MR) is 83.8 cm³/mol. The Kier molecular flexibility index (Phi) is 3.63.